The molecule has 2 unspecified atom stereocenters. The molecule has 1 aromatic rings. The molecule has 2 atom stereocenters. The Hall–Kier alpha value is -1.55. The van der Waals surface area contributed by atoms with Crippen LogP contribution < -0.4 is 5.32 Å². The van der Waals surface area contributed by atoms with Crippen LogP contribution in [0.5, 0.6) is 0 Å². The van der Waals surface area contributed by atoms with E-state index in [9.17, 15) is 0 Å². The zero-order chi connectivity index (χ0) is 18.4. The second-order valence-corrected chi connectivity index (χ2v) is 8.12. The van der Waals surface area contributed by atoms with Crippen LogP contribution in [0.4, 0.5) is 0 Å². The topological polar surface area (TPSA) is 30.9 Å². The average Bonchev–Trinajstić information content (AvgIpc) is 3.31. The van der Waals surface area contributed by atoms with Gasteiger partial charge in [-0.25, -0.2) is 0 Å². The molecule has 4 heteroatoms. The number of guanidine groups is 1. The van der Waals surface area contributed by atoms with E-state index in [4.69, 9.17) is 4.99 Å². The van der Waals surface area contributed by atoms with Crippen LogP contribution in [0.2, 0.25) is 0 Å². The summed E-state index contributed by atoms with van der Waals surface area (Å²) in [4.78, 5) is 10.1. The highest BCUT2D eigenvalue weighted by Crippen LogP contribution is 2.21. The van der Waals surface area contributed by atoms with E-state index < -0.39 is 0 Å². The molecule has 4 nitrogen and oxygen atoms in total. The van der Waals surface area contributed by atoms with Crippen LogP contribution in [0.15, 0.2) is 29.3 Å². The zero-order valence-corrected chi connectivity index (χ0v) is 16.9. The molecule has 1 aromatic carbocycles. The summed E-state index contributed by atoms with van der Waals surface area (Å²) in [7, 11) is 0. The summed E-state index contributed by atoms with van der Waals surface area (Å²) >= 11 is 0. The molecular formula is C22H36N4. The van der Waals surface area contributed by atoms with Crippen molar-refractivity contribution in [3.05, 3.63) is 35.4 Å². The molecule has 2 fully saturated rings. The second-order valence-electron chi connectivity index (χ2n) is 8.12. The van der Waals surface area contributed by atoms with E-state index in [1.807, 2.05) is 0 Å². The Bertz CT molecular complexity index is 592. The maximum atomic E-state index is 4.99. The van der Waals surface area contributed by atoms with Crippen molar-refractivity contribution in [1.29, 1.82) is 0 Å². The number of nitrogens with one attached hydrogen (secondary N) is 1. The van der Waals surface area contributed by atoms with Crippen LogP contribution in [0.3, 0.4) is 0 Å². The van der Waals surface area contributed by atoms with Crippen LogP contribution >= 0.6 is 0 Å². The second kappa shape index (κ2) is 9.40. The number of hydrogen-bond acceptors (Lipinski definition) is 2. The number of hydrogen-bond donors (Lipinski definition) is 1. The van der Waals surface area contributed by atoms with Gasteiger partial charge in [0.2, 0.25) is 0 Å². The van der Waals surface area contributed by atoms with Gasteiger partial charge in [0.1, 0.15) is 0 Å². The molecular weight excluding hydrogens is 320 g/mol. The predicted molar refractivity (Wildman–Crippen MR) is 111 cm³/mol. The largest absolute Gasteiger partial charge is 0.357 e. The lowest BCUT2D eigenvalue weighted by atomic mass is 10.00. The Labute approximate surface area is 159 Å². The molecule has 0 spiro atoms. The summed E-state index contributed by atoms with van der Waals surface area (Å²) < 4.78 is 0. The first-order valence-electron chi connectivity index (χ1n) is 10.5. The summed E-state index contributed by atoms with van der Waals surface area (Å²) in [6.07, 6.45) is 4.07. The lowest BCUT2D eigenvalue weighted by Gasteiger charge is -2.24. The predicted octanol–water partition coefficient (Wildman–Crippen LogP) is 3.48. The van der Waals surface area contributed by atoms with E-state index in [1.165, 1.54) is 50.0 Å². The maximum absolute atomic E-state index is 4.99. The summed E-state index contributed by atoms with van der Waals surface area (Å²) in [5, 5.41) is 3.52. The summed E-state index contributed by atoms with van der Waals surface area (Å²) in [6.45, 7) is 14.6. The number of benzene rings is 1. The Balaban J connectivity index is 1.56. The third kappa shape index (κ3) is 5.23. The lowest BCUT2D eigenvalue weighted by molar-refractivity contribution is 0.281. The van der Waals surface area contributed by atoms with Crippen molar-refractivity contribution in [2.24, 2.45) is 10.9 Å². The number of nitrogens with zero attached hydrogens (tertiary/aromatic N) is 3. The standard InChI is InChI=1S/C22H36N4/c1-4-23-22(24-15-19(3)21-9-7-8-18(2)14-21)26-13-10-20(17-26)16-25-11-5-6-12-25/h7-9,14,19-20H,4-6,10-13,15-17H2,1-3H3,(H,23,24). The third-order valence-electron chi connectivity index (χ3n) is 5.76. The molecule has 0 amide bonds. The molecule has 2 aliphatic heterocycles. The molecule has 26 heavy (non-hydrogen) atoms. The van der Waals surface area contributed by atoms with Gasteiger partial charge in [0.05, 0.1) is 0 Å². The molecule has 3 rings (SSSR count). The fourth-order valence-electron chi connectivity index (χ4n) is 4.24. The molecule has 0 radical (unpaired) electrons. The van der Waals surface area contributed by atoms with Gasteiger partial charge in [-0.2, -0.15) is 0 Å². The summed E-state index contributed by atoms with van der Waals surface area (Å²) in [5.41, 5.74) is 2.72. The summed E-state index contributed by atoms with van der Waals surface area (Å²) in [5.74, 6) is 2.36. The highest BCUT2D eigenvalue weighted by atomic mass is 15.3. The molecule has 2 aliphatic rings. The van der Waals surface area contributed by atoms with E-state index in [0.717, 1.165) is 38.1 Å². The van der Waals surface area contributed by atoms with Gasteiger partial charge in [0.15, 0.2) is 5.96 Å². The van der Waals surface area contributed by atoms with E-state index in [0.29, 0.717) is 5.92 Å². The minimum atomic E-state index is 0.451. The molecule has 0 aliphatic carbocycles. The van der Waals surface area contributed by atoms with Gasteiger partial charge >= 0.3 is 0 Å². The van der Waals surface area contributed by atoms with E-state index in [1.54, 1.807) is 0 Å². The van der Waals surface area contributed by atoms with E-state index >= 15 is 0 Å². The Kier molecular flexibility index (Phi) is 6.95. The smallest absolute Gasteiger partial charge is 0.193 e. The van der Waals surface area contributed by atoms with Gasteiger partial charge in [0, 0.05) is 38.6 Å². The minimum absolute atomic E-state index is 0.451. The SMILES string of the molecule is CCNC(=NCC(C)c1cccc(C)c1)N1CCC(CN2CCCC2)C1. The number of aliphatic imine (C=N–C) groups is 1. The molecule has 0 saturated carbocycles. The van der Waals surface area contributed by atoms with Crippen LogP contribution in [0, 0.1) is 12.8 Å². The molecule has 1 N–H and O–H groups in total. The van der Waals surface area contributed by atoms with Crippen molar-refractivity contribution in [3.63, 3.8) is 0 Å². The third-order valence-corrected chi connectivity index (χ3v) is 5.76. The molecule has 2 heterocycles. The van der Waals surface area contributed by atoms with Crippen molar-refractivity contribution in [2.45, 2.75) is 46.0 Å². The molecule has 144 valence electrons. The quantitative estimate of drug-likeness (QED) is 0.625. The fraction of sp³-hybridized carbons (Fsp3) is 0.682. The van der Waals surface area contributed by atoms with E-state index in [2.05, 4.69) is 60.2 Å². The molecule has 0 bridgehead atoms. The first-order chi connectivity index (χ1) is 12.7. The van der Waals surface area contributed by atoms with Gasteiger partial charge in [-0.3, -0.25) is 4.99 Å². The highest BCUT2D eigenvalue weighted by molar-refractivity contribution is 5.80. The average molecular weight is 357 g/mol. The molecule has 0 aromatic heterocycles. The van der Waals surface area contributed by atoms with Crippen LogP contribution in [0.1, 0.15) is 50.2 Å². The van der Waals surface area contributed by atoms with Crippen molar-refractivity contribution in [3.8, 4) is 0 Å². The number of aryl methyl sites for hydroxylation is 1. The Morgan fingerprint density at radius 2 is 2.08 bits per heavy atom. The zero-order valence-electron chi connectivity index (χ0n) is 16.9. The van der Waals surface area contributed by atoms with Crippen molar-refractivity contribution >= 4 is 5.96 Å². The van der Waals surface area contributed by atoms with Crippen molar-refractivity contribution in [2.75, 3.05) is 45.8 Å². The first-order valence-corrected chi connectivity index (χ1v) is 10.5. The minimum Gasteiger partial charge on any atom is -0.357 e. The van der Waals surface area contributed by atoms with Gasteiger partial charge in [-0.15, -0.1) is 0 Å². The van der Waals surface area contributed by atoms with Gasteiger partial charge in [0.25, 0.3) is 0 Å². The van der Waals surface area contributed by atoms with Crippen LogP contribution in [0.25, 0.3) is 0 Å². The van der Waals surface area contributed by atoms with Gasteiger partial charge in [-0.05, 0) is 57.7 Å². The van der Waals surface area contributed by atoms with Crippen molar-refractivity contribution < 1.29 is 0 Å². The normalized spacial score (nSPS) is 22.8. The molecule has 2 saturated heterocycles. The number of likely N-dealkylation sites (tertiary alicyclic amines) is 2. The Morgan fingerprint density at radius 1 is 1.27 bits per heavy atom. The van der Waals surface area contributed by atoms with Crippen molar-refractivity contribution in [1.82, 2.24) is 15.1 Å². The monoisotopic (exact) mass is 356 g/mol. The van der Waals surface area contributed by atoms with Crippen LogP contribution in [-0.2, 0) is 0 Å². The first kappa shape index (κ1) is 19.2. The maximum Gasteiger partial charge on any atom is 0.193 e. The number of rotatable bonds is 6. The fourth-order valence-corrected chi connectivity index (χ4v) is 4.24. The van der Waals surface area contributed by atoms with E-state index in [-0.39, 0.29) is 0 Å². The van der Waals surface area contributed by atoms with Crippen LogP contribution in [-0.4, -0.2) is 61.6 Å². The lowest BCUT2D eigenvalue weighted by Crippen LogP contribution is -2.41. The summed E-state index contributed by atoms with van der Waals surface area (Å²) in [6, 6.07) is 8.82. The highest BCUT2D eigenvalue weighted by Gasteiger charge is 2.27. The van der Waals surface area contributed by atoms with Gasteiger partial charge < -0.3 is 15.1 Å². The Morgan fingerprint density at radius 3 is 2.81 bits per heavy atom. The van der Waals surface area contributed by atoms with Gasteiger partial charge in [-0.1, -0.05) is 36.8 Å².